The Labute approximate surface area is 118 Å². The number of carboxylic acids is 1. The summed E-state index contributed by atoms with van der Waals surface area (Å²) in [5.41, 5.74) is 0.669. The van der Waals surface area contributed by atoms with Gasteiger partial charge in [0.15, 0.2) is 0 Å². The van der Waals surface area contributed by atoms with Crippen LogP contribution in [0.3, 0.4) is 0 Å². The highest BCUT2D eigenvalue weighted by molar-refractivity contribution is 5.94. The second-order valence-electron chi connectivity index (χ2n) is 6.09. The zero-order valence-corrected chi connectivity index (χ0v) is 11.8. The molecule has 3 heterocycles. The minimum absolute atomic E-state index is 0.0139. The average Bonchev–Trinajstić information content (AvgIpc) is 3.11. The molecule has 3 unspecified atom stereocenters. The number of aromatic nitrogens is 1. The average molecular weight is 276 g/mol. The van der Waals surface area contributed by atoms with Gasteiger partial charge >= 0.3 is 5.97 Å². The number of rotatable bonds is 3. The maximum atomic E-state index is 12.8. The summed E-state index contributed by atoms with van der Waals surface area (Å²) < 4.78 is 1.95. The second-order valence-corrected chi connectivity index (χ2v) is 6.09. The van der Waals surface area contributed by atoms with E-state index in [2.05, 4.69) is 0 Å². The van der Waals surface area contributed by atoms with Crippen molar-refractivity contribution in [1.29, 1.82) is 0 Å². The molecule has 2 aliphatic heterocycles. The van der Waals surface area contributed by atoms with Crippen molar-refractivity contribution in [1.82, 2.24) is 9.47 Å². The fourth-order valence-electron chi connectivity index (χ4n) is 3.73. The molecule has 1 aromatic rings. The van der Waals surface area contributed by atoms with Crippen molar-refractivity contribution in [3.8, 4) is 0 Å². The molecule has 0 radical (unpaired) electrons. The molecule has 5 heteroatoms. The van der Waals surface area contributed by atoms with E-state index >= 15 is 0 Å². The number of fused-ring (bicyclic) bond motifs is 2. The summed E-state index contributed by atoms with van der Waals surface area (Å²) in [5, 5.41) is 9.27. The van der Waals surface area contributed by atoms with Gasteiger partial charge in [-0.2, -0.15) is 0 Å². The molecule has 0 saturated carbocycles. The Morgan fingerprint density at radius 3 is 2.70 bits per heavy atom. The van der Waals surface area contributed by atoms with Gasteiger partial charge in [-0.15, -0.1) is 0 Å². The quantitative estimate of drug-likeness (QED) is 0.920. The Morgan fingerprint density at radius 2 is 2.10 bits per heavy atom. The van der Waals surface area contributed by atoms with E-state index in [4.69, 9.17) is 0 Å². The molecule has 0 aromatic carbocycles. The third kappa shape index (κ3) is 1.84. The van der Waals surface area contributed by atoms with Crippen LogP contribution in [0.25, 0.3) is 0 Å². The van der Waals surface area contributed by atoms with Gasteiger partial charge in [-0.3, -0.25) is 9.59 Å². The van der Waals surface area contributed by atoms with Crippen LogP contribution in [-0.4, -0.2) is 38.5 Å². The smallest absolute Gasteiger partial charge is 0.308 e. The van der Waals surface area contributed by atoms with Gasteiger partial charge in [0.05, 0.1) is 5.92 Å². The number of hydrogen-bond donors (Lipinski definition) is 1. The summed E-state index contributed by atoms with van der Waals surface area (Å²) in [4.78, 5) is 25.9. The molecule has 2 saturated heterocycles. The molecular formula is C15H20N2O3. The van der Waals surface area contributed by atoms with Crippen LogP contribution < -0.4 is 0 Å². The van der Waals surface area contributed by atoms with E-state index < -0.39 is 5.97 Å². The molecule has 2 fully saturated rings. The lowest BCUT2D eigenvalue weighted by Crippen LogP contribution is -2.38. The van der Waals surface area contributed by atoms with E-state index in [0.717, 1.165) is 12.8 Å². The summed E-state index contributed by atoms with van der Waals surface area (Å²) in [7, 11) is 0. The molecule has 0 aliphatic carbocycles. The Bertz CT molecular complexity index is 549. The third-order valence-electron chi connectivity index (χ3n) is 4.64. The van der Waals surface area contributed by atoms with Crippen LogP contribution >= 0.6 is 0 Å². The SMILES string of the molecule is CC(C)n1cccc1C(=O)N1C2CCC1C(C(=O)O)C2. The highest BCUT2D eigenvalue weighted by Gasteiger charge is 2.51. The summed E-state index contributed by atoms with van der Waals surface area (Å²) in [6.07, 6.45) is 4.26. The van der Waals surface area contributed by atoms with Crippen molar-refractivity contribution in [2.75, 3.05) is 0 Å². The topological polar surface area (TPSA) is 62.5 Å². The zero-order valence-electron chi connectivity index (χ0n) is 11.8. The lowest BCUT2D eigenvalue weighted by Gasteiger charge is -2.24. The Morgan fingerprint density at radius 1 is 1.35 bits per heavy atom. The first-order valence-corrected chi connectivity index (χ1v) is 7.23. The number of hydrogen-bond acceptors (Lipinski definition) is 2. The first kappa shape index (κ1) is 13.2. The molecule has 1 N–H and O–H groups in total. The van der Waals surface area contributed by atoms with Crippen molar-refractivity contribution in [3.63, 3.8) is 0 Å². The van der Waals surface area contributed by atoms with Gasteiger partial charge in [-0.1, -0.05) is 0 Å². The monoisotopic (exact) mass is 276 g/mol. The molecule has 3 atom stereocenters. The Kier molecular flexibility index (Phi) is 3.07. The van der Waals surface area contributed by atoms with E-state index in [9.17, 15) is 14.7 Å². The number of aliphatic carboxylic acids is 1. The number of carbonyl (C=O) groups is 2. The molecule has 5 nitrogen and oxygen atoms in total. The van der Waals surface area contributed by atoms with Crippen molar-refractivity contribution in [2.24, 2.45) is 5.92 Å². The minimum Gasteiger partial charge on any atom is -0.481 e. The summed E-state index contributed by atoms with van der Waals surface area (Å²) in [5.74, 6) is -1.17. The van der Waals surface area contributed by atoms with Crippen LogP contribution in [0.4, 0.5) is 0 Å². The van der Waals surface area contributed by atoms with Gasteiger partial charge in [0.2, 0.25) is 0 Å². The maximum absolute atomic E-state index is 12.8. The Hall–Kier alpha value is -1.78. The molecule has 108 valence electrons. The highest BCUT2D eigenvalue weighted by Crippen LogP contribution is 2.42. The maximum Gasteiger partial charge on any atom is 0.308 e. The van der Waals surface area contributed by atoms with E-state index in [1.54, 1.807) is 0 Å². The lowest BCUT2D eigenvalue weighted by molar-refractivity contribution is -0.142. The van der Waals surface area contributed by atoms with E-state index in [1.165, 1.54) is 0 Å². The normalized spacial score (nSPS) is 28.4. The third-order valence-corrected chi connectivity index (χ3v) is 4.64. The molecule has 3 rings (SSSR count). The molecule has 2 bridgehead atoms. The van der Waals surface area contributed by atoms with Gasteiger partial charge in [0, 0.05) is 24.3 Å². The van der Waals surface area contributed by atoms with Crippen LogP contribution in [0.2, 0.25) is 0 Å². The molecule has 2 aliphatic rings. The van der Waals surface area contributed by atoms with Crippen molar-refractivity contribution in [2.45, 2.75) is 51.2 Å². The van der Waals surface area contributed by atoms with Gasteiger partial charge in [0.25, 0.3) is 5.91 Å². The standard InChI is InChI=1S/C15H20N2O3/c1-9(2)16-7-3-4-13(16)14(18)17-10-5-6-12(17)11(8-10)15(19)20/h3-4,7,9-12H,5-6,8H2,1-2H3,(H,19,20). The molecule has 20 heavy (non-hydrogen) atoms. The minimum atomic E-state index is -0.769. The van der Waals surface area contributed by atoms with E-state index in [-0.39, 0.29) is 30.0 Å². The largest absolute Gasteiger partial charge is 0.481 e. The van der Waals surface area contributed by atoms with Crippen LogP contribution in [0.1, 0.15) is 49.6 Å². The molecule has 1 aromatic heterocycles. The van der Waals surface area contributed by atoms with Crippen LogP contribution in [0.15, 0.2) is 18.3 Å². The first-order valence-electron chi connectivity index (χ1n) is 7.23. The zero-order chi connectivity index (χ0) is 14.4. The predicted octanol–water partition coefficient (Wildman–Crippen LogP) is 2.15. The van der Waals surface area contributed by atoms with Gasteiger partial charge in [-0.25, -0.2) is 0 Å². The number of carbonyl (C=O) groups excluding carboxylic acids is 1. The molecule has 0 spiro atoms. The van der Waals surface area contributed by atoms with Gasteiger partial charge < -0.3 is 14.6 Å². The second kappa shape index (κ2) is 4.65. The van der Waals surface area contributed by atoms with Crippen LogP contribution in [0.5, 0.6) is 0 Å². The summed E-state index contributed by atoms with van der Waals surface area (Å²) >= 11 is 0. The molecular weight excluding hydrogens is 256 g/mol. The summed E-state index contributed by atoms with van der Waals surface area (Å²) in [6.45, 7) is 4.07. The van der Waals surface area contributed by atoms with Gasteiger partial charge in [0.1, 0.15) is 5.69 Å². The Balaban J connectivity index is 1.88. The predicted molar refractivity (Wildman–Crippen MR) is 73.5 cm³/mol. The highest BCUT2D eigenvalue weighted by atomic mass is 16.4. The molecule has 1 amide bonds. The van der Waals surface area contributed by atoms with Crippen molar-refractivity contribution >= 4 is 11.9 Å². The number of amides is 1. The fraction of sp³-hybridized carbons (Fsp3) is 0.600. The van der Waals surface area contributed by atoms with E-state index in [0.29, 0.717) is 12.1 Å². The summed E-state index contributed by atoms with van der Waals surface area (Å²) in [6, 6.07) is 3.90. The van der Waals surface area contributed by atoms with Crippen LogP contribution in [-0.2, 0) is 4.79 Å². The lowest BCUT2D eigenvalue weighted by atomic mass is 9.89. The van der Waals surface area contributed by atoms with Crippen molar-refractivity contribution < 1.29 is 14.7 Å². The van der Waals surface area contributed by atoms with E-state index in [1.807, 2.05) is 41.6 Å². The van der Waals surface area contributed by atoms with Gasteiger partial charge in [-0.05, 0) is 45.2 Å². The number of carboxylic acid groups (broad SMARTS) is 1. The van der Waals surface area contributed by atoms with Crippen LogP contribution in [0, 0.1) is 5.92 Å². The number of nitrogens with zero attached hydrogens (tertiary/aromatic N) is 2. The fourth-order valence-corrected chi connectivity index (χ4v) is 3.73. The first-order chi connectivity index (χ1) is 9.50. The van der Waals surface area contributed by atoms with Crippen molar-refractivity contribution in [3.05, 3.63) is 24.0 Å².